The molecule has 2 aromatic heterocycles. The molecule has 4 heterocycles. The van der Waals surface area contributed by atoms with E-state index in [-0.39, 0.29) is 36.8 Å². The fraction of sp³-hybridized carbons (Fsp3) is 0.407. The number of H-pyrrole nitrogens is 1. The Hall–Kier alpha value is -4.92. The van der Waals surface area contributed by atoms with Gasteiger partial charge in [-0.2, -0.15) is 0 Å². The van der Waals surface area contributed by atoms with Gasteiger partial charge >= 0.3 is 19.0 Å². The number of nitrogens with zero attached hydrogens (tertiary/aromatic N) is 3. The Balaban J connectivity index is 1.13. The molecule has 6 aromatic rings. The summed E-state index contributed by atoms with van der Waals surface area (Å²) >= 11 is 5.56. The molecule has 0 unspecified atom stereocenters. The van der Waals surface area contributed by atoms with Gasteiger partial charge in [0.1, 0.15) is 29.3 Å². The second kappa shape index (κ2) is 21.1. The smallest absolute Gasteiger partial charge is 0.331 e. The molecule has 0 spiro atoms. The highest BCUT2D eigenvalue weighted by Crippen LogP contribution is 2.50. The third-order valence-electron chi connectivity index (χ3n) is 14.0. The zero-order valence-electron chi connectivity index (χ0n) is 42.8. The lowest BCUT2D eigenvalue weighted by Crippen LogP contribution is -2.68. The first-order chi connectivity index (χ1) is 34.1. The van der Waals surface area contributed by atoms with Crippen molar-refractivity contribution in [3.05, 3.63) is 181 Å². The summed E-state index contributed by atoms with van der Waals surface area (Å²) in [6.45, 7) is 17.8. The molecule has 1 N–H and O–H groups in total. The van der Waals surface area contributed by atoms with Crippen LogP contribution in [0.5, 0.6) is 0 Å². The molecule has 2 aliphatic heterocycles. The van der Waals surface area contributed by atoms with E-state index < -0.39 is 77.4 Å². The van der Waals surface area contributed by atoms with Crippen LogP contribution in [0.25, 0.3) is 0 Å². The monoisotopic (exact) mass is 1050 g/mol. The van der Waals surface area contributed by atoms with Crippen LogP contribution in [-0.2, 0) is 39.0 Å². The van der Waals surface area contributed by atoms with Crippen molar-refractivity contribution in [3.63, 3.8) is 0 Å². The molecule has 72 heavy (non-hydrogen) atoms. The standard InChI is InChI=1S/C54H67N4O10PSSi2/c1-37-33-57(51(60)55-49(37)59)47-31-43(46(66-47)36-64-71(53(3,4)5,39-23-15-11-16-24-39)40-25-17-12-18-26-40)67-69(10,62)63-35-45-44(32-48(65-45)58-34-38(2)50(70)56(9)52(58)61)68-72(54(6,7)8,41-27-19-13-20-28-41)42-29-21-14-22-30-42/h11-30,33-34,43-48H,31-32,35-36H2,1-10H3,(H,55,59,60)/t43-,44-,45+,46+,47+,48+,69+/m0/s1. The second-order valence-electron chi connectivity index (χ2n) is 21.1. The quantitative estimate of drug-likeness (QED) is 0.0586. The molecule has 8 rings (SSSR count). The lowest BCUT2D eigenvalue weighted by Gasteiger charge is -2.45. The van der Waals surface area contributed by atoms with Crippen LogP contribution in [0.3, 0.4) is 0 Å². The van der Waals surface area contributed by atoms with Crippen molar-refractivity contribution >= 4 is 57.2 Å². The van der Waals surface area contributed by atoms with Crippen LogP contribution in [0.4, 0.5) is 0 Å². The maximum Gasteiger partial charge on any atom is 0.331 e. The Morgan fingerprint density at radius 3 is 1.57 bits per heavy atom. The number of aryl methyl sites for hydroxylation is 2. The summed E-state index contributed by atoms with van der Waals surface area (Å²) in [5, 5.41) is 3.46. The maximum absolute atomic E-state index is 15.0. The van der Waals surface area contributed by atoms with Crippen molar-refractivity contribution in [1.82, 2.24) is 18.7 Å². The fourth-order valence-corrected chi connectivity index (χ4v) is 21.1. The van der Waals surface area contributed by atoms with E-state index in [9.17, 15) is 14.4 Å². The zero-order valence-corrected chi connectivity index (χ0v) is 46.5. The van der Waals surface area contributed by atoms with Crippen molar-refractivity contribution in [2.75, 3.05) is 19.9 Å². The number of benzene rings is 4. The normalized spacial score (nSPS) is 21.7. The lowest BCUT2D eigenvalue weighted by molar-refractivity contribution is -0.0495. The largest absolute Gasteiger partial charge is 0.405 e. The van der Waals surface area contributed by atoms with Gasteiger partial charge in [0, 0.05) is 50.1 Å². The van der Waals surface area contributed by atoms with Crippen LogP contribution in [0, 0.1) is 18.5 Å². The van der Waals surface area contributed by atoms with Gasteiger partial charge < -0.3 is 27.4 Å². The molecule has 0 radical (unpaired) electrons. The Kier molecular flexibility index (Phi) is 15.7. The van der Waals surface area contributed by atoms with E-state index in [1.807, 2.05) is 79.7 Å². The summed E-state index contributed by atoms with van der Waals surface area (Å²) in [4.78, 5) is 42.1. The van der Waals surface area contributed by atoms with Gasteiger partial charge in [0.25, 0.3) is 22.2 Å². The van der Waals surface area contributed by atoms with Gasteiger partial charge in [-0.05, 0) is 44.7 Å². The van der Waals surface area contributed by atoms with Crippen molar-refractivity contribution in [2.24, 2.45) is 7.05 Å². The average Bonchev–Trinajstić information content (AvgIpc) is 3.94. The number of aromatic nitrogens is 4. The first-order valence-electron chi connectivity index (χ1n) is 24.4. The molecule has 382 valence electrons. The van der Waals surface area contributed by atoms with Crippen LogP contribution in [0.1, 0.15) is 78.0 Å². The predicted molar refractivity (Wildman–Crippen MR) is 289 cm³/mol. The van der Waals surface area contributed by atoms with E-state index in [1.54, 1.807) is 24.7 Å². The summed E-state index contributed by atoms with van der Waals surface area (Å²) in [7, 11) is -8.70. The second-order valence-corrected chi connectivity index (χ2v) is 32.0. The third kappa shape index (κ3) is 10.6. The van der Waals surface area contributed by atoms with Gasteiger partial charge in [-0.3, -0.25) is 28.0 Å². The predicted octanol–water partition coefficient (Wildman–Crippen LogP) is 7.40. The van der Waals surface area contributed by atoms with E-state index in [4.69, 9.17) is 39.6 Å². The molecule has 7 atom stereocenters. The summed E-state index contributed by atoms with van der Waals surface area (Å²) in [5.41, 5.74) is -0.437. The Bertz CT molecular complexity index is 3060. The van der Waals surface area contributed by atoms with Gasteiger partial charge in [-0.1, -0.05) is 175 Å². The van der Waals surface area contributed by atoms with Gasteiger partial charge in [-0.25, -0.2) is 9.59 Å². The van der Waals surface area contributed by atoms with E-state index in [1.165, 1.54) is 22.0 Å². The van der Waals surface area contributed by atoms with Crippen molar-refractivity contribution in [1.29, 1.82) is 0 Å². The van der Waals surface area contributed by atoms with Crippen molar-refractivity contribution in [2.45, 2.75) is 115 Å². The molecular weight excluding hydrogens is 984 g/mol. The highest BCUT2D eigenvalue weighted by molar-refractivity contribution is 7.71. The van der Waals surface area contributed by atoms with Crippen molar-refractivity contribution < 1.29 is 31.9 Å². The molecule has 18 heteroatoms. The van der Waals surface area contributed by atoms with Gasteiger partial charge in [0.05, 0.1) is 25.4 Å². The highest BCUT2D eigenvalue weighted by atomic mass is 32.1. The van der Waals surface area contributed by atoms with Crippen LogP contribution >= 0.6 is 19.8 Å². The minimum absolute atomic E-state index is 0.0159. The number of hydrogen-bond acceptors (Lipinski definition) is 11. The number of nitrogens with one attached hydrogen (secondary N) is 1. The average molecular weight is 1050 g/mol. The third-order valence-corrected chi connectivity index (χ3v) is 26.0. The number of ether oxygens (including phenoxy) is 2. The van der Waals surface area contributed by atoms with Gasteiger partial charge in [-0.15, -0.1) is 0 Å². The molecule has 2 aliphatic rings. The number of aromatic amines is 1. The lowest BCUT2D eigenvalue weighted by atomic mass is 10.2. The van der Waals surface area contributed by atoms with Gasteiger partial charge in [0.2, 0.25) is 0 Å². The van der Waals surface area contributed by atoms with Crippen LogP contribution in [0.2, 0.25) is 10.1 Å². The Morgan fingerprint density at radius 2 is 1.08 bits per heavy atom. The summed E-state index contributed by atoms with van der Waals surface area (Å²) in [6.07, 6.45) is -1.35. The highest BCUT2D eigenvalue weighted by Gasteiger charge is 2.55. The van der Waals surface area contributed by atoms with E-state index in [0.717, 1.165) is 26.3 Å². The number of hydrogen-bond donors (Lipinski definition) is 1. The molecule has 0 aliphatic carbocycles. The van der Waals surface area contributed by atoms with E-state index in [0.29, 0.717) is 10.2 Å². The van der Waals surface area contributed by atoms with Crippen molar-refractivity contribution in [3.8, 4) is 0 Å². The summed E-state index contributed by atoms with van der Waals surface area (Å²) in [6, 6.07) is 40.9. The molecule has 2 fully saturated rings. The molecule has 2 saturated heterocycles. The first kappa shape index (κ1) is 53.4. The minimum atomic E-state index is -4.02. The van der Waals surface area contributed by atoms with E-state index >= 15 is 4.57 Å². The molecule has 0 bridgehead atoms. The van der Waals surface area contributed by atoms with Crippen LogP contribution < -0.4 is 37.7 Å². The summed E-state index contributed by atoms with van der Waals surface area (Å²) < 4.78 is 61.2. The van der Waals surface area contributed by atoms with E-state index in [2.05, 4.69) is 95.1 Å². The maximum atomic E-state index is 15.0. The van der Waals surface area contributed by atoms with Crippen LogP contribution in [-0.4, -0.2) is 79.6 Å². The molecule has 0 amide bonds. The Labute approximate surface area is 428 Å². The fourth-order valence-electron chi connectivity index (χ4n) is 10.5. The molecular formula is C54H67N4O10PSSi2. The zero-order chi connectivity index (χ0) is 51.8. The molecule has 0 saturated carbocycles. The molecule has 4 aromatic carbocycles. The first-order valence-corrected chi connectivity index (χ1v) is 30.6. The Morgan fingerprint density at radius 1 is 0.653 bits per heavy atom. The minimum Gasteiger partial charge on any atom is -0.405 e. The van der Waals surface area contributed by atoms with Gasteiger partial charge in [0.15, 0.2) is 0 Å². The SMILES string of the molecule is Cc1cn([C@H]2C[C@H](O[P@](C)(=O)OC[C@H]3O[C@@H](n4cc(C)c(=S)n(C)c4=O)C[C@@H]3O[Si](c3ccccc3)(c3ccccc3)C(C)(C)C)[C@@H](CO[Si](c3ccccc3)(c3ccccc3)C(C)(C)C)O2)c(=O)[nH]c1=O. The summed E-state index contributed by atoms with van der Waals surface area (Å²) in [5.74, 6) is 0. The topological polar surface area (TPSA) is 154 Å². The van der Waals surface area contributed by atoms with Crippen LogP contribution in [0.15, 0.2) is 148 Å². The molecule has 14 nitrogen and oxygen atoms in total. The number of rotatable bonds is 16.